The highest BCUT2D eigenvalue weighted by atomic mass is 79.9. The first-order chi connectivity index (χ1) is 14.7. The normalized spacial score (nSPS) is 13.9. The zero-order chi connectivity index (χ0) is 22.3. The van der Waals surface area contributed by atoms with Gasteiger partial charge in [0.2, 0.25) is 5.88 Å². The molecule has 0 N–H and O–H groups in total. The fraction of sp³-hybridized carbons (Fsp3) is 0.182. The maximum Gasteiger partial charge on any atom is 0.416 e. The zero-order valence-electron chi connectivity index (χ0n) is 16.6. The fourth-order valence-electron chi connectivity index (χ4n) is 3.52. The van der Waals surface area contributed by atoms with Crippen LogP contribution in [0.4, 0.5) is 30.2 Å². The van der Waals surface area contributed by atoms with E-state index in [9.17, 15) is 18.0 Å². The zero-order valence-corrected chi connectivity index (χ0v) is 18.2. The molecular weight excluding hydrogens is 475 g/mol. The lowest BCUT2D eigenvalue weighted by Crippen LogP contribution is -2.45. The predicted molar refractivity (Wildman–Crippen MR) is 115 cm³/mol. The number of alkyl halides is 3. The van der Waals surface area contributed by atoms with Crippen LogP contribution in [0, 0.1) is 6.92 Å². The van der Waals surface area contributed by atoms with Gasteiger partial charge in [-0.15, -0.1) is 0 Å². The van der Waals surface area contributed by atoms with Gasteiger partial charge in [-0.2, -0.15) is 13.2 Å². The monoisotopic (exact) mass is 491 g/mol. The maximum atomic E-state index is 13.4. The molecule has 3 aromatic rings. The highest BCUT2D eigenvalue weighted by Crippen LogP contribution is 2.41. The molecular formula is C22H17BrF3N3O2. The largest absolute Gasteiger partial charge is 0.481 e. The number of anilines is 3. The number of aromatic nitrogens is 1. The van der Waals surface area contributed by atoms with Gasteiger partial charge in [-0.1, -0.05) is 15.9 Å². The Hall–Kier alpha value is -3.07. The number of halogens is 4. The molecule has 0 saturated carbocycles. The second-order valence-electron chi connectivity index (χ2n) is 7.02. The molecule has 1 amide bonds. The van der Waals surface area contributed by atoms with E-state index < -0.39 is 17.6 Å². The lowest BCUT2D eigenvalue weighted by Gasteiger charge is -2.39. The van der Waals surface area contributed by atoms with Crippen LogP contribution >= 0.6 is 15.9 Å². The first-order valence-electron chi connectivity index (χ1n) is 9.26. The lowest BCUT2D eigenvalue weighted by atomic mass is 10.0. The van der Waals surface area contributed by atoms with E-state index in [0.717, 1.165) is 22.2 Å². The summed E-state index contributed by atoms with van der Waals surface area (Å²) in [6.07, 6.45) is -3.02. The molecule has 31 heavy (non-hydrogen) atoms. The van der Waals surface area contributed by atoms with Gasteiger partial charge in [-0.05, 0) is 55.0 Å². The third-order valence-electron chi connectivity index (χ3n) is 5.07. The molecule has 160 valence electrons. The van der Waals surface area contributed by atoms with Crippen molar-refractivity contribution in [1.29, 1.82) is 0 Å². The second kappa shape index (κ2) is 7.88. The molecule has 1 aliphatic heterocycles. The Balaban J connectivity index is 1.87. The Morgan fingerprint density at radius 1 is 1.03 bits per heavy atom. The third-order valence-corrected chi connectivity index (χ3v) is 5.56. The molecule has 4 rings (SSSR count). The number of nitrogens with zero attached hydrogens (tertiary/aromatic N) is 3. The summed E-state index contributed by atoms with van der Waals surface area (Å²) in [5.41, 5.74) is 1.64. The molecule has 1 aliphatic rings. The van der Waals surface area contributed by atoms with Crippen LogP contribution in [-0.4, -0.2) is 24.7 Å². The Morgan fingerprint density at radius 2 is 1.81 bits per heavy atom. The number of rotatable bonds is 3. The van der Waals surface area contributed by atoms with E-state index >= 15 is 0 Å². The minimum absolute atomic E-state index is 0.0314. The average Bonchev–Trinajstić information content (AvgIpc) is 2.74. The number of carbonyl (C=O) groups excluding carboxylic acids is 1. The van der Waals surface area contributed by atoms with Crippen molar-refractivity contribution in [1.82, 2.24) is 4.98 Å². The summed E-state index contributed by atoms with van der Waals surface area (Å²) < 4.78 is 46.1. The summed E-state index contributed by atoms with van der Waals surface area (Å²) in [6, 6.07) is 12.0. The summed E-state index contributed by atoms with van der Waals surface area (Å²) in [4.78, 5) is 20.5. The van der Waals surface area contributed by atoms with Gasteiger partial charge in [0.15, 0.2) is 0 Å². The van der Waals surface area contributed by atoms with Gasteiger partial charge < -0.3 is 9.64 Å². The number of benzene rings is 2. The molecule has 0 atom stereocenters. The number of amides is 1. The smallest absolute Gasteiger partial charge is 0.416 e. The van der Waals surface area contributed by atoms with Gasteiger partial charge >= 0.3 is 6.18 Å². The molecule has 0 spiro atoms. The lowest BCUT2D eigenvalue weighted by molar-refractivity contribution is -0.137. The molecule has 0 aliphatic carbocycles. The number of carbonyl (C=O) groups is 1. The van der Waals surface area contributed by atoms with E-state index in [1.165, 1.54) is 24.3 Å². The van der Waals surface area contributed by atoms with Crippen LogP contribution in [0.1, 0.15) is 21.5 Å². The van der Waals surface area contributed by atoms with Crippen molar-refractivity contribution in [3.63, 3.8) is 0 Å². The Labute approximate surface area is 185 Å². The predicted octanol–water partition coefficient (Wildman–Crippen LogP) is 5.94. The molecule has 5 nitrogen and oxygen atoms in total. The molecule has 2 heterocycles. The molecule has 0 bridgehead atoms. The van der Waals surface area contributed by atoms with Gasteiger partial charge in [0.25, 0.3) is 5.91 Å². The molecule has 1 aromatic heterocycles. The highest BCUT2D eigenvalue weighted by Gasteiger charge is 2.36. The number of hydrogen-bond acceptors (Lipinski definition) is 4. The topological polar surface area (TPSA) is 45.7 Å². The first-order valence-corrected chi connectivity index (χ1v) is 10.0. The van der Waals surface area contributed by atoms with Gasteiger partial charge in [0, 0.05) is 16.2 Å². The number of fused-ring (bicyclic) bond motifs is 1. The third kappa shape index (κ3) is 3.97. The molecule has 0 saturated heterocycles. The Kier molecular flexibility index (Phi) is 5.38. The minimum atomic E-state index is -4.52. The summed E-state index contributed by atoms with van der Waals surface area (Å²) >= 11 is 3.41. The van der Waals surface area contributed by atoms with Crippen LogP contribution in [0.15, 0.2) is 59.2 Å². The van der Waals surface area contributed by atoms with E-state index in [0.29, 0.717) is 17.3 Å². The molecule has 2 aromatic carbocycles. The standard InChI is InChI=1S/C22H17BrF3N3O2/c1-13-9-15(23)4-7-18(13)29-12-28(16-5-8-20(31-2)27-11-16)21(30)17-6-3-14(10-19(17)29)22(24,25)26/h3-11H,12H2,1-2H3. The number of pyridine rings is 1. The van der Waals surface area contributed by atoms with Crippen molar-refractivity contribution in [2.45, 2.75) is 13.1 Å². The number of hydrogen-bond donors (Lipinski definition) is 0. The van der Waals surface area contributed by atoms with E-state index in [-0.39, 0.29) is 17.9 Å². The van der Waals surface area contributed by atoms with Crippen LogP contribution in [-0.2, 0) is 6.18 Å². The van der Waals surface area contributed by atoms with E-state index in [1.807, 2.05) is 25.1 Å². The van der Waals surface area contributed by atoms with Crippen molar-refractivity contribution < 1.29 is 22.7 Å². The van der Waals surface area contributed by atoms with Crippen LogP contribution in [0.3, 0.4) is 0 Å². The van der Waals surface area contributed by atoms with Crippen LogP contribution in [0.2, 0.25) is 0 Å². The van der Waals surface area contributed by atoms with Gasteiger partial charge in [0.05, 0.1) is 35.8 Å². The van der Waals surface area contributed by atoms with Crippen molar-refractivity contribution in [3.8, 4) is 5.88 Å². The Morgan fingerprint density at radius 3 is 2.42 bits per heavy atom. The van der Waals surface area contributed by atoms with E-state index in [2.05, 4.69) is 20.9 Å². The maximum absolute atomic E-state index is 13.4. The van der Waals surface area contributed by atoms with Crippen molar-refractivity contribution in [3.05, 3.63) is 75.9 Å². The number of methoxy groups -OCH3 is 1. The van der Waals surface area contributed by atoms with Crippen molar-refractivity contribution >= 4 is 38.9 Å². The summed E-state index contributed by atoms with van der Waals surface area (Å²) in [5, 5.41) is 0. The second-order valence-corrected chi connectivity index (χ2v) is 7.94. The van der Waals surface area contributed by atoms with Crippen LogP contribution in [0.5, 0.6) is 5.88 Å². The Bertz CT molecular complexity index is 1150. The van der Waals surface area contributed by atoms with Crippen LogP contribution < -0.4 is 14.5 Å². The highest BCUT2D eigenvalue weighted by molar-refractivity contribution is 9.10. The van der Waals surface area contributed by atoms with E-state index in [4.69, 9.17) is 4.74 Å². The summed E-state index contributed by atoms with van der Waals surface area (Å²) in [7, 11) is 1.49. The summed E-state index contributed by atoms with van der Waals surface area (Å²) in [6.45, 7) is 1.90. The summed E-state index contributed by atoms with van der Waals surface area (Å²) in [5.74, 6) is -0.00857. The molecule has 0 fully saturated rings. The van der Waals surface area contributed by atoms with Crippen molar-refractivity contribution in [2.75, 3.05) is 23.6 Å². The molecule has 0 radical (unpaired) electrons. The minimum Gasteiger partial charge on any atom is -0.481 e. The molecule has 0 unspecified atom stereocenters. The SMILES string of the molecule is COc1ccc(N2CN(c3ccc(Br)cc3C)c3cc(C(F)(F)F)ccc3C2=O)cn1. The average molecular weight is 492 g/mol. The van der Waals surface area contributed by atoms with Crippen LogP contribution in [0.25, 0.3) is 0 Å². The fourth-order valence-corrected chi connectivity index (χ4v) is 3.99. The molecule has 9 heteroatoms. The number of aryl methyl sites for hydroxylation is 1. The van der Waals surface area contributed by atoms with Gasteiger partial charge in [0.1, 0.15) is 6.67 Å². The van der Waals surface area contributed by atoms with Gasteiger partial charge in [-0.25, -0.2) is 4.98 Å². The van der Waals surface area contributed by atoms with Gasteiger partial charge in [-0.3, -0.25) is 9.69 Å². The first kappa shape index (κ1) is 21.2. The quantitative estimate of drug-likeness (QED) is 0.455. The van der Waals surface area contributed by atoms with E-state index in [1.54, 1.807) is 17.0 Å². The van der Waals surface area contributed by atoms with Crippen molar-refractivity contribution in [2.24, 2.45) is 0 Å². The number of ether oxygens (including phenoxy) is 1.